The zero-order valence-corrected chi connectivity index (χ0v) is 22.2. The predicted molar refractivity (Wildman–Crippen MR) is 134 cm³/mol. The molecule has 5 rings (SSSR count). The molecule has 1 aromatic heterocycles. The van der Waals surface area contributed by atoms with Gasteiger partial charge in [0.05, 0.1) is 36.1 Å². The van der Waals surface area contributed by atoms with E-state index in [-0.39, 0.29) is 11.3 Å². The minimum atomic E-state index is -0.851. The highest BCUT2D eigenvalue weighted by Crippen LogP contribution is 2.69. The van der Waals surface area contributed by atoms with Crippen LogP contribution >= 0.6 is 0 Å². The maximum atomic E-state index is 11.8. The third kappa shape index (κ3) is 3.97. The molecule has 1 heterocycles. The smallest absolute Gasteiger partial charge is 0.102 e. The highest BCUT2D eigenvalue weighted by molar-refractivity contribution is 5.22. The number of nitriles is 1. The molecule has 0 radical (unpaired) electrons. The van der Waals surface area contributed by atoms with Crippen LogP contribution in [-0.4, -0.2) is 44.9 Å². The van der Waals surface area contributed by atoms with Gasteiger partial charge in [-0.15, -0.1) is 0 Å². The Morgan fingerprint density at radius 2 is 2.00 bits per heavy atom. The second kappa shape index (κ2) is 8.85. The molecule has 6 nitrogen and oxygen atoms in total. The Labute approximate surface area is 211 Å². The number of ether oxygens (including phenoxy) is 1. The number of hydrogen-bond donors (Lipinski definition) is 2. The first-order valence-electron chi connectivity index (χ1n) is 14.0. The molecule has 1 unspecified atom stereocenters. The molecule has 0 aromatic carbocycles. The highest BCUT2D eigenvalue weighted by atomic mass is 16.5. The predicted octanol–water partition coefficient (Wildman–Crippen LogP) is 4.93. The summed E-state index contributed by atoms with van der Waals surface area (Å²) >= 11 is 0. The first-order valence-corrected chi connectivity index (χ1v) is 14.0. The molecule has 0 spiro atoms. The third-order valence-corrected chi connectivity index (χ3v) is 11.6. The largest absolute Gasteiger partial charge is 0.388 e. The molecule has 0 bridgehead atoms. The van der Waals surface area contributed by atoms with E-state index in [1.165, 1.54) is 38.5 Å². The normalized spacial score (nSPS) is 44.5. The van der Waals surface area contributed by atoms with Gasteiger partial charge in [-0.05, 0) is 112 Å². The van der Waals surface area contributed by atoms with E-state index in [1.807, 2.05) is 6.92 Å². The van der Waals surface area contributed by atoms with Crippen molar-refractivity contribution < 1.29 is 14.9 Å². The number of nitrogens with zero attached hydrogens (tertiary/aromatic N) is 3. The fourth-order valence-electron chi connectivity index (χ4n) is 10.2. The molecule has 9 atom stereocenters. The Kier molecular flexibility index (Phi) is 6.38. The second-order valence-corrected chi connectivity index (χ2v) is 13.2. The van der Waals surface area contributed by atoms with Crippen LogP contribution in [0.4, 0.5) is 0 Å². The summed E-state index contributed by atoms with van der Waals surface area (Å²) in [5, 5.41) is 36.4. The number of fused-ring (bicyclic) bond motifs is 5. The van der Waals surface area contributed by atoms with Gasteiger partial charge in [0, 0.05) is 13.3 Å². The SMILES string of the molecule is CC[C@]12CC[C@](O)(COC)C[C@H]1CC[C@@H]1[C@@H]2CC[C@]2(C)C([C@](C)(O)Cn3cc(C#N)cn3)CC[C@@H]12. The van der Waals surface area contributed by atoms with Gasteiger partial charge in [-0.25, -0.2) is 0 Å². The van der Waals surface area contributed by atoms with E-state index in [1.54, 1.807) is 24.2 Å². The molecular formula is C29H45N3O3. The van der Waals surface area contributed by atoms with Gasteiger partial charge in [0.25, 0.3) is 0 Å². The third-order valence-electron chi connectivity index (χ3n) is 11.6. The topological polar surface area (TPSA) is 91.3 Å². The zero-order chi connectivity index (χ0) is 25.1. The minimum Gasteiger partial charge on any atom is -0.388 e. The zero-order valence-electron chi connectivity index (χ0n) is 22.2. The molecular weight excluding hydrogens is 438 g/mol. The van der Waals surface area contributed by atoms with Crippen molar-refractivity contribution in [3.63, 3.8) is 0 Å². The Hall–Kier alpha value is -1.42. The maximum absolute atomic E-state index is 11.8. The molecule has 4 aliphatic rings. The summed E-state index contributed by atoms with van der Waals surface area (Å²) in [6.45, 7) is 7.75. The number of methoxy groups -OCH3 is 1. The molecule has 4 aliphatic carbocycles. The van der Waals surface area contributed by atoms with Gasteiger partial charge >= 0.3 is 0 Å². The van der Waals surface area contributed by atoms with Crippen molar-refractivity contribution in [1.29, 1.82) is 5.26 Å². The van der Waals surface area contributed by atoms with E-state index < -0.39 is 11.2 Å². The molecule has 0 aliphatic heterocycles. The summed E-state index contributed by atoms with van der Waals surface area (Å²) in [5.74, 6) is 2.97. The van der Waals surface area contributed by atoms with Crippen molar-refractivity contribution in [2.75, 3.05) is 13.7 Å². The molecule has 2 N–H and O–H groups in total. The fourth-order valence-corrected chi connectivity index (χ4v) is 10.2. The van der Waals surface area contributed by atoms with Crippen LogP contribution in [0.25, 0.3) is 0 Å². The molecule has 35 heavy (non-hydrogen) atoms. The molecule has 1 aromatic rings. The van der Waals surface area contributed by atoms with Gasteiger partial charge in [0.15, 0.2) is 0 Å². The van der Waals surface area contributed by atoms with Gasteiger partial charge in [0.1, 0.15) is 6.07 Å². The molecule has 0 saturated heterocycles. The minimum absolute atomic E-state index is 0.142. The highest BCUT2D eigenvalue weighted by Gasteiger charge is 2.63. The van der Waals surface area contributed by atoms with Crippen molar-refractivity contribution in [3.8, 4) is 6.07 Å². The van der Waals surface area contributed by atoms with Crippen LogP contribution in [0, 0.1) is 51.8 Å². The lowest BCUT2D eigenvalue weighted by atomic mass is 9.42. The molecule has 4 fully saturated rings. The number of aromatic nitrogens is 2. The molecule has 0 amide bonds. The number of rotatable bonds is 6. The molecule has 194 valence electrons. The second-order valence-electron chi connectivity index (χ2n) is 13.2. The van der Waals surface area contributed by atoms with Crippen LogP contribution in [0.5, 0.6) is 0 Å². The summed E-state index contributed by atoms with van der Waals surface area (Å²) in [6.07, 6.45) is 14.6. The number of hydrogen-bond acceptors (Lipinski definition) is 5. The van der Waals surface area contributed by atoms with Crippen LogP contribution in [0.1, 0.15) is 90.5 Å². The van der Waals surface area contributed by atoms with Gasteiger partial charge in [-0.3, -0.25) is 4.68 Å². The van der Waals surface area contributed by atoms with E-state index in [0.717, 1.165) is 37.5 Å². The van der Waals surface area contributed by atoms with E-state index >= 15 is 0 Å². The van der Waals surface area contributed by atoms with Gasteiger partial charge < -0.3 is 14.9 Å². The molecule has 4 saturated carbocycles. The lowest BCUT2D eigenvalue weighted by Crippen LogP contribution is -2.58. The quantitative estimate of drug-likeness (QED) is 0.598. The Morgan fingerprint density at radius 1 is 1.20 bits per heavy atom. The van der Waals surface area contributed by atoms with E-state index in [0.29, 0.717) is 36.0 Å². The number of aliphatic hydroxyl groups is 2. The van der Waals surface area contributed by atoms with Crippen LogP contribution in [0.15, 0.2) is 12.4 Å². The van der Waals surface area contributed by atoms with Crippen molar-refractivity contribution in [2.45, 2.75) is 103 Å². The van der Waals surface area contributed by atoms with Crippen LogP contribution in [-0.2, 0) is 11.3 Å². The summed E-state index contributed by atoms with van der Waals surface area (Å²) in [6, 6.07) is 2.14. The van der Waals surface area contributed by atoms with E-state index in [2.05, 4.69) is 25.0 Å². The average Bonchev–Trinajstić information content (AvgIpc) is 3.42. The Morgan fingerprint density at radius 3 is 2.69 bits per heavy atom. The monoisotopic (exact) mass is 483 g/mol. The fraction of sp³-hybridized carbons (Fsp3) is 0.862. The first-order chi connectivity index (χ1) is 16.6. The first kappa shape index (κ1) is 25.2. The maximum Gasteiger partial charge on any atom is 0.102 e. The van der Waals surface area contributed by atoms with Crippen molar-refractivity contribution >= 4 is 0 Å². The summed E-state index contributed by atoms with van der Waals surface area (Å²) in [5.41, 5.74) is -0.459. The van der Waals surface area contributed by atoms with Crippen molar-refractivity contribution in [1.82, 2.24) is 9.78 Å². The Balaban J connectivity index is 1.36. The van der Waals surface area contributed by atoms with Gasteiger partial charge in [-0.2, -0.15) is 10.4 Å². The van der Waals surface area contributed by atoms with E-state index in [4.69, 9.17) is 10.00 Å². The van der Waals surface area contributed by atoms with Gasteiger partial charge in [0.2, 0.25) is 0 Å². The lowest BCUT2D eigenvalue weighted by molar-refractivity contribution is -0.177. The van der Waals surface area contributed by atoms with E-state index in [9.17, 15) is 10.2 Å². The standard InChI is InChI=1S/C29H45N3O3/c1-5-29-13-12-28(34,19-35-4)14-21(29)6-7-22-23-8-9-25(26(23,2)11-10-24(22)29)27(3,33)18-32-17-20(15-30)16-31-32/h16-17,21-25,33-34H,5-14,18-19H2,1-4H3/t21-,22+,23+,24+,25?,26+,27-,28-,29+/m1/s1. The van der Waals surface area contributed by atoms with Crippen LogP contribution in [0.3, 0.4) is 0 Å². The van der Waals surface area contributed by atoms with Gasteiger partial charge in [-0.1, -0.05) is 13.8 Å². The summed E-state index contributed by atoms with van der Waals surface area (Å²) < 4.78 is 7.16. The lowest BCUT2D eigenvalue weighted by Gasteiger charge is -2.63. The Bertz CT molecular complexity index is 969. The van der Waals surface area contributed by atoms with Crippen LogP contribution in [0.2, 0.25) is 0 Å². The molecule has 6 heteroatoms. The summed E-state index contributed by atoms with van der Waals surface area (Å²) in [7, 11) is 1.71. The summed E-state index contributed by atoms with van der Waals surface area (Å²) in [4.78, 5) is 0. The van der Waals surface area contributed by atoms with Crippen LogP contribution < -0.4 is 0 Å². The average molecular weight is 484 g/mol. The van der Waals surface area contributed by atoms with Crippen molar-refractivity contribution in [3.05, 3.63) is 18.0 Å². The van der Waals surface area contributed by atoms with Crippen molar-refractivity contribution in [2.24, 2.45) is 40.4 Å².